The summed E-state index contributed by atoms with van der Waals surface area (Å²) in [5.74, 6) is 0.875. The summed E-state index contributed by atoms with van der Waals surface area (Å²) < 4.78 is 0. The van der Waals surface area contributed by atoms with Crippen LogP contribution >= 0.6 is 0 Å². The molecule has 1 aliphatic rings. The van der Waals surface area contributed by atoms with Gasteiger partial charge in [-0.3, -0.25) is 4.90 Å². The predicted octanol–water partition coefficient (Wildman–Crippen LogP) is 2.49. The minimum atomic E-state index is 0.671. The van der Waals surface area contributed by atoms with Gasteiger partial charge in [0.15, 0.2) is 0 Å². The molecule has 2 nitrogen and oxygen atoms in total. The van der Waals surface area contributed by atoms with Crippen molar-refractivity contribution in [2.75, 3.05) is 19.6 Å². The zero-order valence-corrected chi connectivity index (χ0v) is 10.9. The van der Waals surface area contributed by atoms with Gasteiger partial charge in [-0.15, -0.1) is 0 Å². The molecule has 1 heterocycles. The Kier molecular flexibility index (Phi) is 5.62. The Hall–Kier alpha value is -0.0800. The Morgan fingerprint density at radius 3 is 2.60 bits per heavy atom. The summed E-state index contributed by atoms with van der Waals surface area (Å²) >= 11 is 0. The molecule has 15 heavy (non-hydrogen) atoms. The Balaban J connectivity index is 2.42. The third-order valence-electron chi connectivity index (χ3n) is 3.76. The highest BCUT2D eigenvalue weighted by molar-refractivity contribution is 4.81. The molecule has 0 aromatic rings. The maximum absolute atomic E-state index is 3.52. The zero-order valence-electron chi connectivity index (χ0n) is 10.9. The lowest BCUT2D eigenvalue weighted by Gasteiger charge is -2.38. The van der Waals surface area contributed by atoms with Crippen LogP contribution < -0.4 is 5.32 Å². The molecule has 0 radical (unpaired) electrons. The van der Waals surface area contributed by atoms with Gasteiger partial charge in [-0.2, -0.15) is 0 Å². The lowest BCUT2D eigenvalue weighted by atomic mass is 9.96. The summed E-state index contributed by atoms with van der Waals surface area (Å²) in [6.45, 7) is 12.9. The van der Waals surface area contributed by atoms with Crippen LogP contribution in [0.5, 0.6) is 0 Å². The summed E-state index contributed by atoms with van der Waals surface area (Å²) in [5, 5.41) is 3.52. The fourth-order valence-corrected chi connectivity index (χ4v) is 2.50. The highest BCUT2D eigenvalue weighted by Gasteiger charge is 2.23. The van der Waals surface area contributed by atoms with E-state index < -0.39 is 0 Å². The van der Waals surface area contributed by atoms with Gasteiger partial charge >= 0.3 is 0 Å². The van der Waals surface area contributed by atoms with Crippen molar-refractivity contribution in [1.29, 1.82) is 0 Å². The topological polar surface area (TPSA) is 15.3 Å². The van der Waals surface area contributed by atoms with Gasteiger partial charge in [-0.1, -0.05) is 27.2 Å². The normalized spacial score (nSPS) is 27.6. The molecule has 1 N–H and O–H groups in total. The molecule has 3 atom stereocenters. The molecular formula is C13H28N2. The van der Waals surface area contributed by atoms with E-state index in [1.54, 1.807) is 0 Å². The van der Waals surface area contributed by atoms with Crippen LogP contribution in [0.4, 0.5) is 0 Å². The smallest absolute Gasteiger partial charge is 0.0167 e. The molecule has 0 aromatic carbocycles. The van der Waals surface area contributed by atoms with E-state index in [1.807, 2.05) is 0 Å². The zero-order chi connectivity index (χ0) is 11.3. The van der Waals surface area contributed by atoms with Crippen molar-refractivity contribution in [1.82, 2.24) is 10.2 Å². The Morgan fingerprint density at radius 2 is 2.07 bits per heavy atom. The van der Waals surface area contributed by atoms with E-state index in [1.165, 1.54) is 32.4 Å². The van der Waals surface area contributed by atoms with Crippen LogP contribution in [-0.4, -0.2) is 36.6 Å². The predicted molar refractivity (Wildman–Crippen MR) is 67.2 cm³/mol. The first kappa shape index (κ1) is 13.0. The van der Waals surface area contributed by atoms with E-state index in [9.17, 15) is 0 Å². The molecule has 90 valence electrons. The lowest BCUT2D eigenvalue weighted by molar-refractivity contribution is 0.126. The first-order chi connectivity index (χ1) is 7.17. The van der Waals surface area contributed by atoms with Crippen molar-refractivity contribution in [3.05, 3.63) is 0 Å². The average molecular weight is 212 g/mol. The molecule has 1 saturated heterocycles. The number of rotatable bonds is 5. The van der Waals surface area contributed by atoms with Gasteiger partial charge in [0.05, 0.1) is 0 Å². The van der Waals surface area contributed by atoms with Crippen LogP contribution in [0, 0.1) is 5.92 Å². The molecule has 0 bridgehead atoms. The number of nitrogens with one attached hydrogen (secondary N) is 1. The van der Waals surface area contributed by atoms with Crippen molar-refractivity contribution in [2.45, 2.75) is 59.0 Å². The third-order valence-corrected chi connectivity index (χ3v) is 3.76. The van der Waals surface area contributed by atoms with Gasteiger partial charge in [0.1, 0.15) is 0 Å². The molecule has 0 amide bonds. The molecule has 0 aliphatic carbocycles. The van der Waals surface area contributed by atoms with Gasteiger partial charge in [-0.25, -0.2) is 0 Å². The maximum Gasteiger partial charge on any atom is 0.0167 e. The quantitative estimate of drug-likeness (QED) is 0.753. The first-order valence-corrected chi connectivity index (χ1v) is 6.64. The van der Waals surface area contributed by atoms with Gasteiger partial charge in [0.2, 0.25) is 0 Å². The summed E-state index contributed by atoms with van der Waals surface area (Å²) in [5.41, 5.74) is 0. The van der Waals surface area contributed by atoms with Crippen molar-refractivity contribution >= 4 is 0 Å². The molecule has 1 aliphatic heterocycles. The Labute approximate surface area is 95.4 Å². The fraction of sp³-hybridized carbons (Fsp3) is 1.00. The molecule has 0 aromatic heterocycles. The van der Waals surface area contributed by atoms with E-state index in [-0.39, 0.29) is 0 Å². The monoisotopic (exact) mass is 212 g/mol. The molecule has 0 saturated carbocycles. The first-order valence-electron chi connectivity index (χ1n) is 6.64. The van der Waals surface area contributed by atoms with Gasteiger partial charge < -0.3 is 5.32 Å². The average Bonchev–Trinajstić information content (AvgIpc) is 2.25. The molecule has 0 spiro atoms. The maximum atomic E-state index is 3.52. The standard InChI is InChI=1S/C13H28N2/c1-5-11(3)9-13(6-2)15-8-7-14-12(4)10-15/h11-14H,5-10H2,1-4H3. The SMILES string of the molecule is CCC(C)CC(CC)N1CCNC(C)C1. The van der Waals surface area contributed by atoms with Crippen LogP contribution in [0.1, 0.15) is 47.0 Å². The number of nitrogens with zero attached hydrogens (tertiary/aromatic N) is 1. The van der Waals surface area contributed by atoms with Gasteiger partial charge in [0, 0.05) is 31.7 Å². The second-order valence-corrected chi connectivity index (χ2v) is 5.16. The highest BCUT2D eigenvalue weighted by atomic mass is 15.2. The fourth-order valence-electron chi connectivity index (χ4n) is 2.50. The van der Waals surface area contributed by atoms with E-state index in [0.29, 0.717) is 6.04 Å². The van der Waals surface area contributed by atoms with Crippen LogP contribution in [0.2, 0.25) is 0 Å². The number of hydrogen-bond acceptors (Lipinski definition) is 2. The second-order valence-electron chi connectivity index (χ2n) is 5.16. The van der Waals surface area contributed by atoms with Crippen LogP contribution in [0.15, 0.2) is 0 Å². The van der Waals surface area contributed by atoms with Crippen molar-refractivity contribution < 1.29 is 0 Å². The summed E-state index contributed by atoms with van der Waals surface area (Å²) in [7, 11) is 0. The van der Waals surface area contributed by atoms with Crippen molar-refractivity contribution in [2.24, 2.45) is 5.92 Å². The molecule has 1 rings (SSSR count). The summed E-state index contributed by atoms with van der Waals surface area (Å²) in [6.07, 6.45) is 3.99. The Bertz CT molecular complexity index is 170. The second kappa shape index (κ2) is 6.49. The molecule has 2 heteroatoms. The van der Waals surface area contributed by atoms with Crippen LogP contribution in [0.25, 0.3) is 0 Å². The van der Waals surface area contributed by atoms with E-state index in [2.05, 4.69) is 37.9 Å². The molecule has 3 unspecified atom stereocenters. The van der Waals surface area contributed by atoms with Gasteiger partial charge in [0.25, 0.3) is 0 Å². The molecule has 1 fully saturated rings. The number of hydrogen-bond donors (Lipinski definition) is 1. The summed E-state index contributed by atoms with van der Waals surface area (Å²) in [6, 6.07) is 1.48. The van der Waals surface area contributed by atoms with E-state index in [4.69, 9.17) is 0 Å². The summed E-state index contributed by atoms with van der Waals surface area (Å²) in [4.78, 5) is 2.69. The van der Waals surface area contributed by atoms with Crippen LogP contribution in [0.3, 0.4) is 0 Å². The lowest BCUT2D eigenvalue weighted by Crippen LogP contribution is -2.53. The highest BCUT2D eigenvalue weighted by Crippen LogP contribution is 2.18. The third kappa shape index (κ3) is 4.12. The minimum absolute atomic E-state index is 0.671. The van der Waals surface area contributed by atoms with Gasteiger partial charge in [-0.05, 0) is 25.7 Å². The minimum Gasteiger partial charge on any atom is -0.312 e. The van der Waals surface area contributed by atoms with Crippen LogP contribution in [-0.2, 0) is 0 Å². The van der Waals surface area contributed by atoms with E-state index in [0.717, 1.165) is 18.5 Å². The van der Waals surface area contributed by atoms with Crippen molar-refractivity contribution in [3.8, 4) is 0 Å². The largest absolute Gasteiger partial charge is 0.312 e. The Morgan fingerprint density at radius 1 is 1.33 bits per heavy atom. The van der Waals surface area contributed by atoms with E-state index >= 15 is 0 Å². The number of piperazine rings is 1. The van der Waals surface area contributed by atoms with Crippen molar-refractivity contribution in [3.63, 3.8) is 0 Å². The molecular weight excluding hydrogens is 184 g/mol.